The molecule has 0 aliphatic heterocycles. The zero-order valence-corrected chi connectivity index (χ0v) is 13.8. The summed E-state index contributed by atoms with van der Waals surface area (Å²) in [7, 11) is 2.80. The number of hydrogen-bond acceptors (Lipinski definition) is 5. The van der Waals surface area contributed by atoms with E-state index in [1.54, 1.807) is 31.2 Å². The third-order valence-corrected chi connectivity index (χ3v) is 4.67. The van der Waals surface area contributed by atoms with Crippen LogP contribution in [0.5, 0.6) is 5.75 Å². The average Bonchev–Trinajstić information content (AvgIpc) is 2.92. The Morgan fingerprint density at radius 1 is 1.29 bits per heavy atom. The number of benzene rings is 1. The molecule has 1 heterocycles. The fourth-order valence-corrected chi connectivity index (χ4v) is 3.64. The van der Waals surface area contributed by atoms with E-state index in [1.165, 1.54) is 14.2 Å². The number of methoxy groups -OCH3 is 2. The maximum absolute atomic E-state index is 12.5. The van der Waals surface area contributed by atoms with Gasteiger partial charge >= 0.3 is 5.97 Å². The van der Waals surface area contributed by atoms with Crippen LogP contribution in [0.15, 0.2) is 29.1 Å². The minimum absolute atomic E-state index is 0.145. The number of para-hydroxylation sites is 1. The van der Waals surface area contributed by atoms with Gasteiger partial charge in [0.15, 0.2) is 0 Å². The van der Waals surface area contributed by atoms with Gasteiger partial charge in [0, 0.05) is 29.2 Å². The predicted molar refractivity (Wildman–Crippen MR) is 86.1 cm³/mol. The molecule has 7 heteroatoms. The molecule has 3 atom stereocenters. The molecule has 2 aromatic rings. The van der Waals surface area contributed by atoms with Gasteiger partial charge in [-0.15, -0.1) is 0 Å². The molecule has 0 saturated heterocycles. The summed E-state index contributed by atoms with van der Waals surface area (Å²) in [5, 5.41) is 16.3. The number of carbonyl (C=O) groups excluding carboxylic acids is 1. The number of aromatic amines is 2. The van der Waals surface area contributed by atoms with Gasteiger partial charge in [-0.1, -0.05) is 18.2 Å². The summed E-state index contributed by atoms with van der Waals surface area (Å²) in [5.41, 5.74) is -0.0222. The van der Waals surface area contributed by atoms with Crippen molar-refractivity contribution < 1.29 is 19.4 Å². The molecule has 1 aromatic carbocycles. The Labute approximate surface area is 138 Å². The number of carbonyl (C=O) groups is 1. The van der Waals surface area contributed by atoms with Crippen molar-refractivity contribution >= 4 is 5.97 Å². The Balaban J connectivity index is 2.29. The summed E-state index contributed by atoms with van der Waals surface area (Å²) in [6.45, 7) is 1.57. The van der Waals surface area contributed by atoms with Gasteiger partial charge < -0.3 is 19.7 Å². The Hall–Kier alpha value is -2.54. The monoisotopic (exact) mass is 332 g/mol. The summed E-state index contributed by atoms with van der Waals surface area (Å²) in [4.78, 5) is 24.8. The summed E-state index contributed by atoms with van der Waals surface area (Å²) in [5.74, 6) is -1.63. The molecule has 0 saturated carbocycles. The predicted octanol–water partition coefficient (Wildman–Crippen LogP) is 0.940. The van der Waals surface area contributed by atoms with Crippen molar-refractivity contribution in [1.82, 2.24) is 10.2 Å². The highest BCUT2D eigenvalue weighted by atomic mass is 16.5. The van der Waals surface area contributed by atoms with Crippen LogP contribution in [0, 0.1) is 5.92 Å². The first-order valence-corrected chi connectivity index (χ1v) is 7.63. The minimum atomic E-state index is -1.38. The summed E-state index contributed by atoms with van der Waals surface area (Å²) in [6, 6.07) is 7.15. The van der Waals surface area contributed by atoms with Gasteiger partial charge in [-0.25, -0.2) is 0 Å². The van der Waals surface area contributed by atoms with E-state index in [4.69, 9.17) is 9.47 Å². The first-order chi connectivity index (χ1) is 11.4. The second kappa shape index (κ2) is 5.83. The maximum Gasteiger partial charge on any atom is 0.312 e. The molecule has 0 amide bonds. The van der Waals surface area contributed by atoms with Crippen LogP contribution in [0.4, 0.5) is 0 Å². The van der Waals surface area contributed by atoms with Crippen molar-refractivity contribution in [3.63, 3.8) is 0 Å². The van der Waals surface area contributed by atoms with Gasteiger partial charge in [0.05, 0.1) is 25.7 Å². The highest BCUT2D eigenvalue weighted by Crippen LogP contribution is 2.46. The number of hydrogen-bond donors (Lipinski definition) is 3. The van der Waals surface area contributed by atoms with Gasteiger partial charge in [0.25, 0.3) is 5.56 Å². The number of aliphatic hydroxyl groups is 1. The van der Waals surface area contributed by atoms with Crippen molar-refractivity contribution in [2.75, 3.05) is 14.2 Å². The molecule has 24 heavy (non-hydrogen) atoms. The Morgan fingerprint density at radius 3 is 2.67 bits per heavy atom. The van der Waals surface area contributed by atoms with E-state index >= 15 is 0 Å². The highest BCUT2D eigenvalue weighted by Gasteiger charge is 2.51. The lowest BCUT2D eigenvalue weighted by atomic mass is 9.66. The van der Waals surface area contributed by atoms with Crippen LogP contribution in [-0.4, -0.2) is 41.1 Å². The zero-order valence-electron chi connectivity index (χ0n) is 13.8. The summed E-state index contributed by atoms with van der Waals surface area (Å²) < 4.78 is 10.3. The van der Waals surface area contributed by atoms with Gasteiger partial charge in [-0.2, -0.15) is 0 Å². The fraction of sp³-hybridized carbons (Fsp3) is 0.412. The normalized spacial score (nSPS) is 25.8. The Morgan fingerprint density at radius 2 is 2.00 bits per heavy atom. The van der Waals surface area contributed by atoms with E-state index in [9.17, 15) is 14.7 Å². The van der Waals surface area contributed by atoms with E-state index in [0.717, 1.165) is 0 Å². The second-order valence-corrected chi connectivity index (χ2v) is 6.23. The molecule has 3 N–H and O–H groups in total. The molecular formula is C17H20N2O5. The van der Waals surface area contributed by atoms with E-state index in [1.807, 2.05) is 0 Å². The number of rotatable bonds is 3. The molecule has 3 rings (SSSR count). The summed E-state index contributed by atoms with van der Waals surface area (Å²) in [6.07, 6.45) is 0.145. The molecule has 7 nitrogen and oxygen atoms in total. The number of H-pyrrole nitrogens is 2. The first kappa shape index (κ1) is 16.3. The topological polar surface area (TPSA) is 104 Å². The van der Waals surface area contributed by atoms with Crippen molar-refractivity contribution in [3.05, 3.63) is 51.4 Å². The van der Waals surface area contributed by atoms with Crippen LogP contribution in [-0.2, 0) is 16.0 Å². The van der Waals surface area contributed by atoms with E-state index in [-0.39, 0.29) is 12.0 Å². The SMILES string of the molecule is COC(=O)C1C(c2ccccc2OC)c2c([nH][nH]c2=O)CC1(C)O. The number of ether oxygens (including phenoxy) is 2. The van der Waals surface area contributed by atoms with E-state index in [2.05, 4.69) is 10.2 Å². The van der Waals surface area contributed by atoms with Crippen LogP contribution < -0.4 is 10.3 Å². The molecule has 3 unspecified atom stereocenters. The molecule has 1 aliphatic carbocycles. The largest absolute Gasteiger partial charge is 0.496 e. The quantitative estimate of drug-likeness (QED) is 0.726. The molecule has 0 bridgehead atoms. The van der Waals surface area contributed by atoms with E-state index < -0.39 is 23.4 Å². The lowest BCUT2D eigenvalue weighted by Crippen LogP contribution is -2.50. The molecular weight excluding hydrogens is 312 g/mol. The van der Waals surface area contributed by atoms with Crippen molar-refractivity contribution in [2.24, 2.45) is 5.92 Å². The van der Waals surface area contributed by atoms with Crippen LogP contribution in [0.2, 0.25) is 0 Å². The van der Waals surface area contributed by atoms with Crippen molar-refractivity contribution in [3.8, 4) is 5.75 Å². The third-order valence-electron chi connectivity index (χ3n) is 4.67. The smallest absolute Gasteiger partial charge is 0.312 e. The Bertz CT molecular complexity index is 820. The van der Waals surface area contributed by atoms with Crippen molar-refractivity contribution in [1.29, 1.82) is 0 Å². The lowest BCUT2D eigenvalue weighted by molar-refractivity contribution is -0.156. The van der Waals surface area contributed by atoms with Gasteiger partial charge in [0.1, 0.15) is 5.75 Å². The molecule has 0 fully saturated rings. The molecule has 0 spiro atoms. The number of aromatic nitrogens is 2. The van der Waals surface area contributed by atoms with Crippen LogP contribution in [0.25, 0.3) is 0 Å². The fourth-order valence-electron chi connectivity index (χ4n) is 3.64. The van der Waals surface area contributed by atoms with Gasteiger partial charge in [-0.05, 0) is 13.0 Å². The average molecular weight is 332 g/mol. The molecule has 1 aromatic heterocycles. The third kappa shape index (κ3) is 2.41. The highest BCUT2D eigenvalue weighted by molar-refractivity contribution is 5.77. The minimum Gasteiger partial charge on any atom is -0.496 e. The molecule has 128 valence electrons. The lowest BCUT2D eigenvalue weighted by Gasteiger charge is -2.40. The number of esters is 1. The van der Waals surface area contributed by atoms with Crippen molar-refractivity contribution in [2.45, 2.75) is 24.9 Å². The first-order valence-electron chi connectivity index (χ1n) is 7.63. The second-order valence-electron chi connectivity index (χ2n) is 6.23. The molecule has 1 aliphatic rings. The van der Waals surface area contributed by atoms with Crippen LogP contribution >= 0.6 is 0 Å². The van der Waals surface area contributed by atoms with Crippen LogP contribution in [0.3, 0.4) is 0 Å². The maximum atomic E-state index is 12.5. The number of nitrogens with one attached hydrogen (secondary N) is 2. The zero-order chi connectivity index (χ0) is 17.5. The standard InChI is InChI=1S/C17H20N2O5/c1-17(22)8-10-13(15(20)19-18-10)12(14(17)16(21)24-3)9-6-4-5-7-11(9)23-2/h4-7,12,14,22H,8H2,1-3H3,(H2,18,19,20). The summed E-state index contributed by atoms with van der Waals surface area (Å²) >= 11 is 0. The Kier molecular flexibility index (Phi) is 3.96. The number of fused-ring (bicyclic) bond motifs is 1. The van der Waals surface area contributed by atoms with Gasteiger partial charge in [0.2, 0.25) is 0 Å². The van der Waals surface area contributed by atoms with Gasteiger partial charge in [-0.3, -0.25) is 14.7 Å². The van der Waals surface area contributed by atoms with E-state index in [0.29, 0.717) is 22.6 Å². The molecule has 0 radical (unpaired) electrons. The van der Waals surface area contributed by atoms with Crippen LogP contribution in [0.1, 0.15) is 29.7 Å².